The Bertz CT molecular complexity index is 771. The summed E-state index contributed by atoms with van der Waals surface area (Å²) in [7, 11) is 1.76. The number of rotatable bonds is 5. The zero-order chi connectivity index (χ0) is 18.4. The molecule has 0 aliphatic rings. The van der Waals surface area contributed by atoms with E-state index in [9.17, 15) is 9.59 Å². The highest BCUT2D eigenvalue weighted by molar-refractivity contribution is 5.94. The van der Waals surface area contributed by atoms with Gasteiger partial charge in [-0.3, -0.25) is 4.79 Å². The van der Waals surface area contributed by atoms with E-state index in [1.54, 1.807) is 24.9 Å². The van der Waals surface area contributed by atoms with Crippen molar-refractivity contribution in [1.82, 2.24) is 4.90 Å². The highest BCUT2D eigenvalue weighted by Gasteiger charge is 2.12. The van der Waals surface area contributed by atoms with E-state index in [0.29, 0.717) is 24.3 Å². The molecule has 5 heteroatoms. The van der Waals surface area contributed by atoms with Gasteiger partial charge in [-0.15, -0.1) is 0 Å². The summed E-state index contributed by atoms with van der Waals surface area (Å²) < 4.78 is 0. The fourth-order valence-electron chi connectivity index (χ4n) is 2.41. The van der Waals surface area contributed by atoms with Crippen LogP contribution < -0.4 is 10.6 Å². The van der Waals surface area contributed by atoms with Crippen LogP contribution in [-0.4, -0.2) is 23.9 Å². The van der Waals surface area contributed by atoms with Gasteiger partial charge in [-0.25, -0.2) is 4.79 Å². The van der Waals surface area contributed by atoms with E-state index >= 15 is 0 Å². The normalized spacial score (nSPS) is 10.2. The minimum Gasteiger partial charge on any atom is -0.326 e. The van der Waals surface area contributed by atoms with Crippen molar-refractivity contribution in [1.29, 1.82) is 0 Å². The lowest BCUT2D eigenvalue weighted by Crippen LogP contribution is -2.31. The summed E-state index contributed by atoms with van der Waals surface area (Å²) in [6.07, 6.45) is 0.411. The van der Waals surface area contributed by atoms with Crippen molar-refractivity contribution in [2.45, 2.75) is 33.7 Å². The second-order valence-electron chi connectivity index (χ2n) is 6.14. The summed E-state index contributed by atoms with van der Waals surface area (Å²) in [6, 6.07) is 13.3. The quantitative estimate of drug-likeness (QED) is 0.852. The molecule has 0 radical (unpaired) electrons. The van der Waals surface area contributed by atoms with Crippen molar-refractivity contribution in [3.05, 3.63) is 59.2 Å². The van der Waals surface area contributed by atoms with Gasteiger partial charge in [0.05, 0.1) is 0 Å². The second kappa shape index (κ2) is 8.33. The van der Waals surface area contributed by atoms with E-state index in [4.69, 9.17) is 0 Å². The van der Waals surface area contributed by atoms with E-state index in [0.717, 1.165) is 16.7 Å². The first-order valence-corrected chi connectivity index (χ1v) is 8.37. The zero-order valence-electron chi connectivity index (χ0n) is 15.2. The Balaban J connectivity index is 2.07. The van der Waals surface area contributed by atoms with Gasteiger partial charge in [0.25, 0.3) is 0 Å². The Morgan fingerprint density at radius 2 is 1.72 bits per heavy atom. The molecule has 3 amide bonds. The van der Waals surface area contributed by atoms with Crippen molar-refractivity contribution >= 4 is 23.3 Å². The molecular formula is C20H25N3O2. The Morgan fingerprint density at radius 1 is 1.00 bits per heavy atom. The molecule has 0 bridgehead atoms. The lowest BCUT2D eigenvalue weighted by atomic mass is 10.1. The Kier molecular flexibility index (Phi) is 6.17. The Morgan fingerprint density at radius 3 is 2.40 bits per heavy atom. The smallest absolute Gasteiger partial charge is 0.321 e. The predicted molar refractivity (Wildman–Crippen MR) is 102 cm³/mol. The Labute approximate surface area is 149 Å². The minimum absolute atomic E-state index is 0.0576. The summed E-state index contributed by atoms with van der Waals surface area (Å²) in [5.41, 5.74) is 4.57. The molecule has 0 spiro atoms. The number of carbonyl (C=O) groups excluding carboxylic acids is 2. The van der Waals surface area contributed by atoms with Crippen molar-refractivity contribution < 1.29 is 9.59 Å². The first kappa shape index (κ1) is 18.5. The number of benzene rings is 2. The molecule has 2 rings (SSSR count). The summed E-state index contributed by atoms with van der Waals surface area (Å²) in [6.45, 7) is 6.28. The maximum absolute atomic E-state index is 12.5. The van der Waals surface area contributed by atoms with E-state index in [1.807, 2.05) is 50.2 Å². The summed E-state index contributed by atoms with van der Waals surface area (Å²) in [4.78, 5) is 25.7. The van der Waals surface area contributed by atoms with Gasteiger partial charge in [-0.2, -0.15) is 0 Å². The third-order valence-electron chi connectivity index (χ3n) is 4.10. The van der Waals surface area contributed by atoms with E-state index < -0.39 is 0 Å². The average molecular weight is 339 g/mol. The number of amides is 3. The molecule has 25 heavy (non-hydrogen) atoms. The lowest BCUT2D eigenvalue weighted by Gasteiger charge is -2.20. The molecule has 132 valence electrons. The van der Waals surface area contributed by atoms with Crippen LogP contribution >= 0.6 is 0 Å². The van der Waals surface area contributed by atoms with Gasteiger partial charge in [-0.1, -0.05) is 37.3 Å². The highest BCUT2D eigenvalue weighted by Crippen LogP contribution is 2.21. The second-order valence-corrected chi connectivity index (χ2v) is 6.14. The van der Waals surface area contributed by atoms with Gasteiger partial charge >= 0.3 is 6.03 Å². The standard InChI is InChI=1S/C20H25N3O2/c1-5-19(24)21-17-11-10-15(3)18(12-17)22-20(25)23(4)13-16-9-7-6-8-14(16)2/h6-12H,5,13H2,1-4H3,(H,21,24)(H,22,25). The van der Waals surface area contributed by atoms with Crippen LogP contribution in [0.4, 0.5) is 16.2 Å². The van der Waals surface area contributed by atoms with Gasteiger partial charge in [0.2, 0.25) is 5.91 Å². The molecule has 0 unspecified atom stereocenters. The summed E-state index contributed by atoms with van der Waals surface area (Å²) in [5.74, 6) is -0.0576. The number of hydrogen-bond donors (Lipinski definition) is 2. The lowest BCUT2D eigenvalue weighted by molar-refractivity contribution is -0.115. The molecule has 0 aliphatic heterocycles. The summed E-state index contributed by atoms with van der Waals surface area (Å²) >= 11 is 0. The van der Waals surface area contributed by atoms with Crippen LogP contribution in [0.5, 0.6) is 0 Å². The van der Waals surface area contributed by atoms with Crippen LogP contribution in [0.1, 0.15) is 30.0 Å². The van der Waals surface area contributed by atoms with Crippen LogP contribution in [0.3, 0.4) is 0 Å². The van der Waals surface area contributed by atoms with Crippen LogP contribution in [0.25, 0.3) is 0 Å². The minimum atomic E-state index is -0.190. The number of aryl methyl sites for hydroxylation is 2. The third kappa shape index (κ3) is 5.08. The van der Waals surface area contributed by atoms with Crippen LogP contribution in [0.2, 0.25) is 0 Å². The third-order valence-corrected chi connectivity index (χ3v) is 4.10. The molecule has 5 nitrogen and oxygen atoms in total. The number of nitrogens with one attached hydrogen (secondary N) is 2. The van der Waals surface area contributed by atoms with Crippen LogP contribution in [0.15, 0.2) is 42.5 Å². The van der Waals surface area contributed by atoms with Crippen molar-refractivity contribution in [2.24, 2.45) is 0 Å². The first-order chi connectivity index (χ1) is 11.9. The SMILES string of the molecule is CCC(=O)Nc1ccc(C)c(NC(=O)N(C)Cc2ccccc2C)c1. The molecule has 0 aromatic heterocycles. The van der Waals surface area contributed by atoms with Crippen molar-refractivity contribution in [3.63, 3.8) is 0 Å². The molecule has 2 aromatic carbocycles. The Hall–Kier alpha value is -2.82. The molecule has 0 aliphatic carbocycles. The molecule has 2 aromatic rings. The topological polar surface area (TPSA) is 61.4 Å². The van der Waals surface area contributed by atoms with Crippen molar-refractivity contribution in [3.8, 4) is 0 Å². The molecule has 0 heterocycles. The number of carbonyl (C=O) groups is 2. The number of urea groups is 1. The van der Waals surface area contributed by atoms with Crippen molar-refractivity contribution in [2.75, 3.05) is 17.7 Å². The molecule has 0 atom stereocenters. The monoisotopic (exact) mass is 339 g/mol. The van der Waals surface area contributed by atoms with E-state index in [-0.39, 0.29) is 11.9 Å². The first-order valence-electron chi connectivity index (χ1n) is 8.37. The number of nitrogens with zero attached hydrogens (tertiary/aromatic N) is 1. The van der Waals surface area contributed by atoms with Crippen LogP contribution in [0, 0.1) is 13.8 Å². The van der Waals surface area contributed by atoms with Gasteiger partial charge in [0, 0.05) is 31.4 Å². The molecule has 2 N–H and O–H groups in total. The number of anilines is 2. The van der Waals surface area contributed by atoms with Gasteiger partial charge in [-0.05, 0) is 42.7 Å². The fraction of sp³-hybridized carbons (Fsp3) is 0.300. The molecule has 0 fully saturated rings. The largest absolute Gasteiger partial charge is 0.326 e. The molecule has 0 saturated heterocycles. The average Bonchev–Trinajstić information content (AvgIpc) is 2.59. The van der Waals surface area contributed by atoms with Gasteiger partial charge < -0.3 is 15.5 Å². The van der Waals surface area contributed by atoms with Gasteiger partial charge in [0.15, 0.2) is 0 Å². The van der Waals surface area contributed by atoms with Gasteiger partial charge in [0.1, 0.15) is 0 Å². The van der Waals surface area contributed by atoms with E-state index in [1.165, 1.54) is 0 Å². The van der Waals surface area contributed by atoms with E-state index in [2.05, 4.69) is 10.6 Å². The molecular weight excluding hydrogens is 314 g/mol. The maximum atomic E-state index is 12.5. The molecule has 0 saturated carbocycles. The maximum Gasteiger partial charge on any atom is 0.321 e. The fourth-order valence-corrected chi connectivity index (χ4v) is 2.41. The predicted octanol–water partition coefficient (Wildman–Crippen LogP) is 4.32. The van der Waals surface area contributed by atoms with Crippen LogP contribution in [-0.2, 0) is 11.3 Å². The summed E-state index contributed by atoms with van der Waals surface area (Å²) in [5, 5.41) is 5.72. The number of hydrogen-bond acceptors (Lipinski definition) is 2. The highest BCUT2D eigenvalue weighted by atomic mass is 16.2. The zero-order valence-corrected chi connectivity index (χ0v) is 15.2.